The van der Waals surface area contributed by atoms with Gasteiger partial charge in [0, 0.05) is 34.2 Å². The van der Waals surface area contributed by atoms with Crippen molar-refractivity contribution in [2.75, 3.05) is 10.6 Å². The van der Waals surface area contributed by atoms with E-state index in [9.17, 15) is 4.79 Å². The topological polar surface area (TPSA) is 58.4 Å². The van der Waals surface area contributed by atoms with Gasteiger partial charge in [-0.15, -0.1) is 11.3 Å². The maximum absolute atomic E-state index is 12.1. The lowest BCUT2D eigenvalue weighted by Gasteiger charge is -2.08. The maximum Gasteiger partial charge on any atom is 0.323 e. The Balaban J connectivity index is 1.52. The summed E-state index contributed by atoms with van der Waals surface area (Å²) in [6.45, 7) is 2.06. The Bertz CT molecular complexity index is 1000. The first-order valence-electron chi connectivity index (χ1n) is 7.86. The van der Waals surface area contributed by atoms with E-state index in [0.717, 1.165) is 27.6 Å². The number of aryl methyl sites for hydroxylation is 1. The van der Waals surface area contributed by atoms with Gasteiger partial charge in [-0.1, -0.05) is 30.3 Å². The van der Waals surface area contributed by atoms with Crippen LogP contribution in [0.4, 0.5) is 16.2 Å². The van der Waals surface area contributed by atoms with Crippen molar-refractivity contribution in [3.05, 3.63) is 71.9 Å². The van der Waals surface area contributed by atoms with Gasteiger partial charge in [-0.3, -0.25) is 4.40 Å². The number of urea groups is 1. The molecule has 0 radical (unpaired) electrons. The zero-order chi connectivity index (χ0) is 17.2. The van der Waals surface area contributed by atoms with E-state index in [1.54, 1.807) is 11.3 Å². The molecule has 2 aromatic heterocycles. The van der Waals surface area contributed by atoms with Crippen molar-refractivity contribution in [3.8, 4) is 11.3 Å². The van der Waals surface area contributed by atoms with Crippen LogP contribution in [0.15, 0.2) is 67.0 Å². The second-order valence-electron chi connectivity index (χ2n) is 5.68. The Kier molecular flexibility index (Phi) is 3.95. The van der Waals surface area contributed by atoms with E-state index in [1.807, 2.05) is 65.2 Å². The van der Waals surface area contributed by atoms with Crippen LogP contribution in [0, 0.1) is 6.92 Å². The van der Waals surface area contributed by atoms with Gasteiger partial charge in [-0.25, -0.2) is 9.78 Å². The largest absolute Gasteiger partial charge is 0.323 e. The Morgan fingerprint density at radius 2 is 1.76 bits per heavy atom. The van der Waals surface area contributed by atoms with Crippen LogP contribution in [0.3, 0.4) is 0 Å². The van der Waals surface area contributed by atoms with E-state index < -0.39 is 0 Å². The lowest BCUT2D eigenvalue weighted by Crippen LogP contribution is -2.19. The van der Waals surface area contributed by atoms with E-state index in [-0.39, 0.29) is 6.03 Å². The van der Waals surface area contributed by atoms with Crippen molar-refractivity contribution in [2.24, 2.45) is 0 Å². The van der Waals surface area contributed by atoms with Gasteiger partial charge < -0.3 is 10.6 Å². The lowest BCUT2D eigenvalue weighted by atomic mass is 10.1. The molecule has 0 atom stereocenters. The number of para-hydroxylation sites is 1. The number of nitrogens with one attached hydrogen (secondary N) is 2. The predicted octanol–water partition coefficient (Wildman–Crippen LogP) is 5.02. The average molecular weight is 348 g/mol. The molecule has 0 fully saturated rings. The van der Waals surface area contributed by atoms with Crippen LogP contribution in [0.1, 0.15) is 4.88 Å². The van der Waals surface area contributed by atoms with Crippen LogP contribution in [0.25, 0.3) is 16.2 Å². The van der Waals surface area contributed by atoms with Gasteiger partial charge in [0.15, 0.2) is 4.96 Å². The van der Waals surface area contributed by atoms with Crippen LogP contribution < -0.4 is 10.6 Å². The molecule has 0 aliphatic rings. The summed E-state index contributed by atoms with van der Waals surface area (Å²) in [5, 5.41) is 5.66. The first-order valence-corrected chi connectivity index (χ1v) is 8.68. The minimum atomic E-state index is -0.273. The van der Waals surface area contributed by atoms with Crippen molar-refractivity contribution in [1.29, 1.82) is 0 Å². The van der Waals surface area contributed by atoms with Crippen molar-refractivity contribution < 1.29 is 4.79 Å². The number of benzene rings is 2. The molecule has 0 spiro atoms. The average Bonchev–Trinajstić information content (AvgIpc) is 3.13. The normalized spacial score (nSPS) is 10.8. The smallest absolute Gasteiger partial charge is 0.308 e. The minimum Gasteiger partial charge on any atom is -0.308 e. The Morgan fingerprint density at radius 1 is 1.00 bits per heavy atom. The highest BCUT2D eigenvalue weighted by atomic mass is 32.1. The number of hydrogen-bond donors (Lipinski definition) is 2. The first-order chi connectivity index (χ1) is 12.2. The van der Waals surface area contributed by atoms with Crippen LogP contribution in [0.2, 0.25) is 0 Å². The number of carbonyl (C=O) groups excluding carboxylic acids is 1. The number of imidazole rings is 1. The van der Waals surface area contributed by atoms with Crippen LogP contribution >= 0.6 is 11.3 Å². The number of nitrogens with zero attached hydrogens (tertiary/aromatic N) is 2. The molecular weight excluding hydrogens is 332 g/mol. The number of anilines is 2. The maximum atomic E-state index is 12.1. The molecule has 0 saturated carbocycles. The number of rotatable bonds is 3. The van der Waals surface area contributed by atoms with E-state index in [4.69, 9.17) is 0 Å². The van der Waals surface area contributed by atoms with Gasteiger partial charge in [0.2, 0.25) is 0 Å². The lowest BCUT2D eigenvalue weighted by molar-refractivity contribution is 0.262. The molecule has 0 aliphatic carbocycles. The first kappa shape index (κ1) is 15.4. The molecule has 0 saturated heterocycles. The van der Waals surface area contributed by atoms with Gasteiger partial charge in [-0.05, 0) is 31.2 Å². The molecular formula is C19H16N4OS. The van der Waals surface area contributed by atoms with Crippen molar-refractivity contribution in [1.82, 2.24) is 9.38 Å². The molecule has 0 aliphatic heterocycles. The summed E-state index contributed by atoms with van der Waals surface area (Å²) in [5.41, 5.74) is 3.32. The molecule has 2 N–H and O–H groups in total. The molecule has 5 nitrogen and oxygen atoms in total. The Hall–Kier alpha value is -3.12. The standard InChI is InChI=1S/C19H16N4OS/c1-13-11-23-12-17(22-19(23)25-13)14-6-5-9-16(10-14)21-18(24)20-15-7-3-2-4-8-15/h2-12H,1H3,(H2,20,21,24). The van der Waals surface area contributed by atoms with Gasteiger partial charge >= 0.3 is 6.03 Å². The van der Waals surface area contributed by atoms with Crippen molar-refractivity contribution in [3.63, 3.8) is 0 Å². The van der Waals surface area contributed by atoms with E-state index in [1.165, 1.54) is 4.88 Å². The highest BCUT2D eigenvalue weighted by Gasteiger charge is 2.08. The molecule has 2 heterocycles. The number of amides is 2. The molecule has 124 valence electrons. The molecule has 6 heteroatoms. The number of aromatic nitrogens is 2. The highest BCUT2D eigenvalue weighted by molar-refractivity contribution is 7.17. The molecule has 4 aromatic rings. The second-order valence-corrected chi connectivity index (χ2v) is 6.90. The van der Waals surface area contributed by atoms with E-state index >= 15 is 0 Å². The second kappa shape index (κ2) is 6.41. The van der Waals surface area contributed by atoms with Gasteiger partial charge in [-0.2, -0.15) is 0 Å². The summed E-state index contributed by atoms with van der Waals surface area (Å²) in [6.07, 6.45) is 4.06. The van der Waals surface area contributed by atoms with E-state index in [2.05, 4.69) is 28.7 Å². The van der Waals surface area contributed by atoms with Gasteiger partial charge in [0.05, 0.1) is 5.69 Å². The van der Waals surface area contributed by atoms with Crippen molar-refractivity contribution in [2.45, 2.75) is 6.92 Å². The summed E-state index contributed by atoms with van der Waals surface area (Å²) in [6, 6.07) is 16.7. The zero-order valence-electron chi connectivity index (χ0n) is 13.6. The summed E-state index contributed by atoms with van der Waals surface area (Å²) in [4.78, 5) is 19.0. The molecule has 2 amide bonds. The summed E-state index contributed by atoms with van der Waals surface area (Å²) >= 11 is 1.66. The molecule has 0 bridgehead atoms. The van der Waals surface area contributed by atoms with E-state index in [0.29, 0.717) is 0 Å². The van der Waals surface area contributed by atoms with Gasteiger partial charge in [0.25, 0.3) is 0 Å². The number of thiazole rings is 1. The van der Waals surface area contributed by atoms with Crippen LogP contribution in [0.5, 0.6) is 0 Å². The number of carbonyl (C=O) groups is 1. The molecule has 2 aromatic carbocycles. The number of hydrogen-bond acceptors (Lipinski definition) is 3. The highest BCUT2D eigenvalue weighted by Crippen LogP contribution is 2.25. The quantitative estimate of drug-likeness (QED) is 0.546. The third kappa shape index (κ3) is 3.39. The van der Waals surface area contributed by atoms with Crippen LogP contribution in [-0.2, 0) is 0 Å². The van der Waals surface area contributed by atoms with Gasteiger partial charge in [0.1, 0.15) is 0 Å². The molecule has 0 unspecified atom stereocenters. The third-order valence-corrected chi connectivity index (χ3v) is 4.63. The third-order valence-electron chi connectivity index (χ3n) is 3.72. The molecule has 4 rings (SSSR count). The monoisotopic (exact) mass is 348 g/mol. The van der Waals surface area contributed by atoms with Crippen molar-refractivity contribution >= 4 is 33.7 Å². The number of fused-ring (bicyclic) bond motifs is 1. The fourth-order valence-corrected chi connectivity index (χ4v) is 3.43. The fourth-order valence-electron chi connectivity index (χ4n) is 2.62. The molecule has 25 heavy (non-hydrogen) atoms. The minimum absolute atomic E-state index is 0.273. The Morgan fingerprint density at radius 3 is 2.56 bits per heavy atom. The van der Waals surface area contributed by atoms with Crippen LogP contribution in [-0.4, -0.2) is 15.4 Å². The SMILES string of the molecule is Cc1cn2cc(-c3cccc(NC(=O)Nc4ccccc4)c3)nc2s1. The summed E-state index contributed by atoms with van der Waals surface area (Å²) in [5.74, 6) is 0. The summed E-state index contributed by atoms with van der Waals surface area (Å²) < 4.78 is 2.03. The summed E-state index contributed by atoms with van der Waals surface area (Å²) in [7, 11) is 0. The fraction of sp³-hybridized carbons (Fsp3) is 0.0526. The predicted molar refractivity (Wildman–Crippen MR) is 102 cm³/mol. The Labute approximate surface area is 149 Å². The zero-order valence-corrected chi connectivity index (χ0v) is 14.4.